The fourth-order valence-corrected chi connectivity index (χ4v) is 11.4. The molecule has 2 amide bonds. The molecule has 0 saturated carbocycles. The van der Waals surface area contributed by atoms with Crippen molar-refractivity contribution >= 4 is 57.1 Å². The van der Waals surface area contributed by atoms with Crippen LogP contribution in [0.25, 0.3) is 44.1 Å². The highest BCUT2D eigenvalue weighted by molar-refractivity contribution is 7.98. The standard InChI is InChI=1S/2C41H40F5N3O3S/c2*1-27-6-15-36-34(22-27)37(50)23-39(53-26-31-4-3-5-35(42)40(31)43)49(36)25-38(51)48(33-16-18-47(19-17-33)20-21-52-2)24-28-7-9-29(10-8-28)30-11-13-32(14-12-30)41(44,45)46/h2*3-15,22-23,33H,16-21,24-26H2,1-2H3/i2D3,6D,15D,16D2,17D2,18D2,19D2,20D2,21D2,22D,23D,25D2,26D2,33D;2D3,6D,15D,16D2,17D2,18D2,19D2,20D2,21D2,22D,23D,25D2,33D. The molecule has 0 bridgehead atoms. The van der Waals surface area contributed by atoms with Crippen molar-refractivity contribution in [1.82, 2.24) is 28.7 Å². The number of likely N-dealkylation sites (tertiary alicyclic amines) is 2. The number of pyridine rings is 2. The molecule has 0 spiro atoms. The van der Waals surface area contributed by atoms with Crippen molar-refractivity contribution in [2.75, 3.05) is 66.2 Å². The number of piperidine rings is 2. The molecule has 0 atom stereocenters. The number of hydrogen-bond acceptors (Lipinski definition) is 10. The van der Waals surface area contributed by atoms with Crippen molar-refractivity contribution in [1.29, 1.82) is 0 Å². The van der Waals surface area contributed by atoms with Gasteiger partial charge in [-0.05, 0) is 133 Å². The number of alkyl halides is 6. The number of rotatable bonds is 24. The summed E-state index contributed by atoms with van der Waals surface area (Å²) in [7, 11) is -7.79. The Labute approximate surface area is 681 Å². The fraction of sp³-hybridized carbons (Fsp3) is 0.317. The van der Waals surface area contributed by atoms with Gasteiger partial charge in [0.2, 0.25) is 11.8 Å². The highest BCUT2D eigenvalue weighted by atomic mass is 32.2. The van der Waals surface area contributed by atoms with Gasteiger partial charge in [0.15, 0.2) is 34.1 Å². The highest BCUT2D eigenvalue weighted by Crippen LogP contribution is 2.36. The third-order valence-corrected chi connectivity index (χ3v) is 16.7. The topological polar surface area (TPSA) is 110 Å². The summed E-state index contributed by atoms with van der Waals surface area (Å²) in [5.41, 5.74) is -13.9. The minimum atomic E-state index is -4.78. The first-order valence-electron chi connectivity index (χ1n) is 53.2. The van der Waals surface area contributed by atoms with E-state index in [1.807, 2.05) is 0 Å². The maximum absolute atomic E-state index is 15.7. The number of fused-ring (bicyclic) bond motifs is 2. The lowest BCUT2D eigenvalue weighted by atomic mass is 10.00. The summed E-state index contributed by atoms with van der Waals surface area (Å²) in [6.07, 6.45) is -28.5. The molecule has 0 radical (unpaired) electrons. The van der Waals surface area contributed by atoms with E-state index in [2.05, 4.69) is 9.47 Å². The Balaban J connectivity index is 0.000000288. The molecule has 2 saturated heterocycles. The highest BCUT2D eigenvalue weighted by Gasteiger charge is 2.34. The Bertz CT molecular complexity index is 7150. The molecule has 0 aliphatic carbocycles. The summed E-state index contributed by atoms with van der Waals surface area (Å²) in [5, 5.41) is -4.62. The average Bonchev–Trinajstić information content (AvgIpc) is 0.655. The Morgan fingerprint density at radius 1 is 0.538 bits per heavy atom. The normalized spacial score (nSPS) is 26.1. The van der Waals surface area contributed by atoms with Crippen LogP contribution in [0.3, 0.4) is 0 Å². The zero-order valence-corrected chi connectivity index (χ0v) is 55.7. The summed E-state index contributed by atoms with van der Waals surface area (Å²) < 4.78 is 551. The molecule has 4 heterocycles. The zero-order valence-electron chi connectivity index (χ0n) is 100. The van der Waals surface area contributed by atoms with Crippen molar-refractivity contribution in [3.63, 3.8) is 0 Å². The van der Waals surface area contributed by atoms with Crippen LogP contribution in [0.5, 0.6) is 0 Å². The fourth-order valence-electron chi connectivity index (χ4n) is 9.73. The van der Waals surface area contributed by atoms with Crippen LogP contribution in [0, 0.1) is 37.1 Å². The number of carbonyl (C=O) groups is 2. The van der Waals surface area contributed by atoms with Crippen LogP contribution in [-0.4, -0.2) is 119 Å². The molecule has 2 fully saturated rings. The first-order valence-corrected chi connectivity index (χ1v) is 32.0. The maximum atomic E-state index is 15.7. The van der Waals surface area contributed by atoms with E-state index >= 15 is 18.4 Å². The molecule has 2 aliphatic heterocycles. The van der Waals surface area contributed by atoms with Gasteiger partial charge in [0.05, 0.1) is 78.2 Å². The lowest BCUT2D eigenvalue weighted by Crippen LogP contribution is -2.48. The summed E-state index contributed by atoms with van der Waals surface area (Å²) in [6, 6.07) is 2.21. The predicted octanol–water partition coefficient (Wildman–Crippen LogP) is 17.4. The van der Waals surface area contributed by atoms with Gasteiger partial charge in [0, 0.05) is 154 Å². The van der Waals surface area contributed by atoms with Gasteiger partial charge in [-0.15, -0.1) is 23.5 Å². The van der Waals surface area contributed by atoms with E-state index in [-0.39, 0.29) is 48.7 Å². The van der Waals surface area contributed by atoms with Gasteiger partial charge in [-0.2, -0.15) is 26.3 Å². The van der Waals surface area contributed by atoms with Crippen LogP contribution >= 0.6 is 23.5 Å². The van der Waals surface area contributed by atoms with Crippen LogP contribution in [0.4, 0.5) is 43.9 Å². The van der Waals surface area contributed by atoms with Gasteiger partial charge >= 0.3 is 12.4 Å². The second-order valence-corrected chi connectivity index (χ2v) is 23.7. The first kappa shape index (κ1) is 38.2. The van der Waals surface area contributed by atoms with Gasteiger partial charge in [-0.25, -0.2) is 17.6 Å². The lowest BCUT2D eigenvalue weighted by molar-refractivity contribution is -0.138. The molecule has 556 valence electrons. The van der Waals surface area contributed by atoms with Gasteiger partial charge in [0.1, 0.15) is 13.0 Å². The van der Waals surface area contributed by atoms with E-state index in [1.54, 1.807) is 0 Å². The molecule has 24 heteroatoms. The van der Waals surface area contributed by atoms with Crippen molar-refractivity contribution in [2.24, 2.45) is 0 Å². The van der Waals surface area contributed by atoms with E-state index in [0.29, 0.717) is 24.3 Å². The summed E-state index contributed by atoms with van der Waals surface area (Å²) >= 11 is -0.348. The lowest BCUT2D eigenvalue weighted by Gasteiger charge is -2.39. The molecular formula is C82H80F10N6O6S2. The summed E-state index contributed by atoms with van der Waals surface area (Å²) in [4.78, 5) is 56.5. The number of hydrogen-bond donors (Lipinski definition) is 0. The number of thioether (sulfide) groups is 2. The maximum Gasteiger partial charge on any atom is 0.416 e. The zero-order chi connectivity index (χ0) is 116. The van der Waals surface area contributed by atoms with Gasteiger partial charge in [-0.3, -0.25) is 19.2 Å². The van der Waals surface area contributed by atoms with E-state index in [9.17, 15) is 63.9 Å². The summed E-state index contributed by atoms with van der Waals surface area (Å²) in [6.45, 7) is -46.6. The third-order valence-electron chi connectivity index (χ3n) is 14.9. The average molecular weight is 1550 g/mol. The number of methoxy groups -OCH3 is 2. The van der Waals surface area contributed by atoms with Gasteiger partial charge < -0.3 is 38.2 Å². The van der Waals surface area contributed by atoms with Crippen LogP contribution in [0.15, 0.2) is 201 Å². The Morgan fingerprint density at radius 3 is 1.31 bits per heavy atom. The quantitative estimate of drug-likeness (QED) is 0.0428. The Morgan fingerprint density at radius 2 is 0.915 bits per heavy atom. The molecule has 10 aromatic rings. The largest absolute Gasteiger partial charge is 0.416 e. The van der Waals surface area contributed by atoms with Crippen molar-refractivity contribution in [3.8, 4) is 22.3 Å². The second-order valence-electron chi connectivity index (χ2n) is 21.9. The van der Waals surface area contributed by atoms with E-state index < -0.39 is 350 Å². The molecule has 0 N–H and O–H groups in total. The van der Waals surface area contributed by atoms with E-state index in [0.717, 1.165) is 111 Å². The molecule has 8 aromatic carbocycles. The smallest absolute Gasteiger partial charge is 0.383 e. The van der Waals surface area contributed by atoms with Gasteiger partial charge in [-0.1, -0.05) is 120 Å². The summed E-state index contributed by atoms with van der Waals surface area (Å²) in [5.74, 6) is -12.2. The van der Waals surface area contributed by atoms with Crippen molar-refractivity contribution in [2.45, 2.75) is 111 Å². The van der Waals surface area contributed by atoms with E-state index in [1.165, 1.54) is 12.1 Å². The van der Waals surface area contributed by atoms with Gasteiger partial charge in [0.25, 0.3) is 0 Å². The third kappa shape index (κ3) is 19.6. The molecule has 2 aliphatic rings. The second kappa shape index (κ2) is 35.1. The molecule has 12 rings (SSSR count). The predicted molar refractivity (Wildman–Crippen MR) is 395 cm³/mol. The SMILES string of the molecule is [2H]c1c(C)c([2H])c2c(=O)c([2H])c(SC([2H])([2H])c3cccc(F)c3F)n(C([2H])([2H])C(=O)N(Cc3ccc(-c4ccc(C(F)(F)F)cc4)cc3)C3([2H])C([2H])([2H])C([2H])([2H])N(C([2H])([2H])C([2H])([2H])OC([2H])([2H])[2H])C([2H])([2H])C3([2H])[2H])c2c1[2H].[2H]c1c(C)c([2H])c2c(=O)c([2H])c(SCc3cccc(F)c3F)n(C([2H])([2H])C(=O)N(Cc3ccc(-c4ccc(C(F)(F)F)cc4)cc3)C3([2H])C([2H])([2H])C([2H])([2H])N(C([2H])([2H])C([2H])([2H])OC([2H])([2H])[2H])C([2H])([2H])C3([2H])[2H])c2c1[2H]. The molecular weight excluding hydrogens is 1420 g/mol. The molecule has 2 aromatic heterocycles. The minimum Gasteiger partial charge on any atom is -0.383 e. The monoisotopic (exact) mass is 1540 g/mol. The minimum absolute atomic E-state index is 0.0427. The Kier molecular flexibility index (Phi) is 12.6. The number of carbonyl (C=O) groups excluding carboxylic acids is 2. The van der Waals surface area contributed by atoms with Crippen molar-refractivity contribution < 1.29 is 126 Å². The van der Waals surface area contributed by atoms with Crippen LogP contribution in [0.1, 0.15) is 133 Å². The number of nitrogens with zero attached hydrogens (tertiary/aromatic N) is 6. The van der Waals surface area contributed by atoms with E-state index in [4.69, 9.17) is 43.9 Å². The van der Waals surface area contributed by atoms with Crippen LogP contribution in [0.2, 0.25) is 0 Å². The molecule has 0 unspecified atom stereocenters. The molecule has 106 heavy (non-hydrogen) atoms. The number of halogens is 10. The molecule has 12 nitrogen and oxygen atoms in total. The first-order chi connectivity index (χ1) is 68.5. The number of amides is 2. The number of benzene rings is 8. The number of aromatic nitrogens is 2. The number of ether oxygens (including phenoxy) is 2. The van der Waals surface area contributed by atoms with Crippen LogP contribution in [-0.2, 0) is 69.0 Å². The Hall–Kier alpha value is -9.04. The van der Waals surface area contributed by atoms with Crippen LogP contribution < -0.4 is 10.9 Å². The van der Waals surface area contributed by atoms with Crippen molar-refractivity contribution in [3.05, 3.63) is 270 Å².